The first-order valence-corrected chi connectivity index (χ1v) is 7.17. The van der Waals surface area contributed by atoms with Crippen LogP contribution in [0.4, 0.5) is 0 Å². The molecule has 1 amide bonds. The zero-order valence-electron chi connectivity index (χ0n) is 10.7. The van der Waals surface area contributed by atoms with E-state index in [0.29, 0.717) is 23.2 Å². The average Bonchev–Trinajstić information content (AvgIpc) is 3.25. The van der Waals surface area contributed by atoms with Crippen LogP contribution in [0.15, 0.2) is 18.5 Å². The normalized spacial score (nSPS) is 23.2. The molecule has 0 unspecified atom stereocenters. The van der Waals surface area contributed by atoms with Gasteiger partial charge in [-0.2, -0.15) is 0 Å². The zero-order chi connectivity index (χ0) is 13.2. The minimum absolute atomic E-state index is 0.0383. The molecular weight excluding hydrogens is 264 g/mol. The minimum Gasteiger partial charge on any atom is -0.487 e. The van der Waals surface area contributed by atoms with Crippen LogP contribution in [0.3, 0.4) is 0 Å². The number of amides is 1. The molecule has 1 saturated carbocycles. The first-order chi connectivity index (χ1) is 9.24. The van der Waals surface area contributed by atoms with Crippen molar-refractivity contribution in [1.29, 1.82) is 0 Å². The standard InChI is InChI=1S/C14H17ClN2O2/c15-12-8-16-6-5-13(12)19-11-2-1-7-17(9-11)14(18)10-3-4-10/h5-6,8,10-11H,1-4,7,9H2/t11-/m0/s1. The van der Waals surface area contributed by atoms with Crippen molar-refractivity contribution in [2.45, 2.75) is 31.8 Å². The molecule has 1 saturated heterocycles. The highest BCUT2D eigenvalue weighted by atomic mass is 35.5. The summed E-state index contributed by atoms with van der Waals surface area (Å²) in [6, 6.07) is 1.77. The highest BCUT2D eigenvalue weighted by molar-refractivity contribution is 6.31. The molecule has 3 rings (SSSR count). The first-order valence-electron chi connectivity index (χ1n) is 6.79. The number of hydrogen-bond donors (Lipinski definition) is 0. The van der Waals surface area contributed by atoms with Crippen LogP contribution in [0.5, 0.6) is 5.75 Å². The van der Waals surface area contributed by atoms with E-state index in [-0.39, 0.29) is 12.0 Å². The van der Waals surface area contributed by atoms with E-state index in [1.807, 2.05) is 4.90 Å². The summed E-state index contributed by atoms with van der Waals surface area (Å²) in [5.74, 6) is 1.24. The molecule has 1 aromatic rings. The molecule has 102 valence electrons. The largest absolute Gasteiger partial charge is 0.487 e. The van der Waals surface area contributed by atoms with Crippen molar-refractivity contribution in [3.05, 3.63) is 23.5 Å². The predicted molar refractivity (Wildman–Crippen MR) is 72.2 cm³/mol. The Labute approximate surface area is 117 Å². The summed E-state index contributed by atoms with van der Waals surface area (Å²) in [6.45, 7) is 1.53. The SMILES string of the molecule is O=C(C1CC1)N1CCC[C@H](Oc2ccncc2Cl)C1. The molecule has 0 aromatic carbocycles. The summed E-state index contributed by atoms with van der Waals surface area (Å²) in [5.41, 5.74) is 0. The van der Waals surface area contributed by atoms with Gasteiger partial charge in [0.2, 0.25) is 5.91 Å². The Morgan fingerprint density at radius 1 is 1.42 bits per heavy atom. The lowest BCUT2D eigenvalue weighted by Gasteiger charge is -2.33. The van der Waals surface area contributed by atoms with Gasteiger partial charge in [-0.15, -0.1) is 0 Å². The third-order valence-electron chi connectivity index (χ3n) is 3.65. The van der Waals surface area contributed by atoms with E-state index in [0.717, 1.165) is 32.2 Å². The first kappa shape index (κ1) is 12.7. The predicted octanol–water partition coefficient (Wildman–Crippen LogP) is 2.51. The maximum atomic E-state index is 12.1. The molecule has 0 N–H and O–H groups in total. The number of pyridine rings is 1. The van der Waals surface area contributed by atoms with Gasteiger partial charge in [-0.25, -0.2) is 0 Å². The highest BCUT2D eigenvalue weighted by Gasteiger charge is 2.35. The van der Waals surface area contributed by atoms with E-state index in [1.54, 1.807) is 18.5 Å². The van der Waals surface area contributed by atoms with Crippen LogP contribution in [-0.4, -0.2) is 35.0 Å². The van der Waals surface area contributed by atoms with Gasteiger partial charge in [0.05, 0.1) is 6.54 Å². The molecule has 5 heteroatoms. The van der Waals surface area contributed by atoms with Crippen molar-refractivity contribution >= 4 is 17.5 Å². The fourth-order valence-electron chi connectivity index (χ4n) is 2.46. The number of carbonyl (C=O) groups excluding carboxylic acids is 1. The second kappa shape index (κ2) is 5.37. The van der Waals surface area contributed by atoms with E-state index in [1.165, 1.54) is 0 Å². The van der Waals surface area contributed by atoms with Crippen molar-refractivity contribution < 1.29 is 9.53 Å². The summed E-state index contributed by atoms with van der Waals surface area (Å²) in [7, 11) is 0. The van der Waals surface area contributed by atoms with Crippen LogP contribution < -0.4 is 4.74 Å². The van der Waals surface area contributed by atoms with Crippen molar-refractivity contribution in [2.75, 3.05) is 13.1 Å². The Morgan fingerprint density at radius 3 is 3.00 bits per heavy atom. The number of likely N-dealkylation sites (tertiary alicyclic amines) is 1. The summed E-state index contributed by atoms with van der Waals surface area (Å²) in [4.78, 5) is 17.9. The van der Waals surface area contributed by atoms with Gasteiger partial charge in [0.25, 0.3) is 0 Å². The van der Waals surface area contributed by atoms with Gasteiger partial charge in [-0.3, -0.25) is 9.78 Å². The van der Waals surface area contributed by atoms with Gasteiger partial charge in [0, 0.05) is 30.9 Å². The maximum absolute atomic E-state index is 12.1. The zero-order valence-corrected chi connectivity index (χ0v) is 11.5. The molecule has 1 aliphatic carbocycles. The van der Waals surface area contributed by atoms with E-state index in [9.17, 15) is 4.79 Å². The minimum atomic E-state index is 0.0383. The fraction of sp³-hybridized carbons (Fsp3) is 0.571. The third-order valence-corrected chi connectivity index (χ3v) is 3.93. The number of carbonyl (C=O) groups is 1. The quantitative estimate of drug-likeness (QED) is 0.854. The van der Waals surface area contributed by atoms with Crippen molar-refractivity contribution in [3.63, 3.8) is 0 Å². The lowest BCUT2D eigenvalue weighted by Crippen LogP contribution is -2.45. The van der Waals surface area contributed by atoms with Gasteiger partial charge in [0.1, 0.15) is 16.9 Å². The Kier molecular flexibility index (Phi) is 3.60. The molecule has 0 spiro atoms. The number of hydrogen-bond acceptors (Lipinski definition) is 3. The van der Waals surface area contributed by atoms with Crippen LogP contribution in [0.25, 0.3) is 0 Å². The Hall–Kier alpha value is -1.29. The maximum Gasteiger partial charge on any atom is 0.225 e. The summed E-state index contributed by atoms with van der Waals surface area (Å²) in [5, 5.41) is 0.521. The fourth-order valence-corrected chi connectivity index (χ4v) is 2.62. The second-order valence-electron chi connectivity index (χ2n) is 5.25. The van der Waals surface area contributed by atoms with Crippen molar-refractivity contribution in [3.8, 4) is 5.75 Å². The summed E-state index contributed by atoms with van der Waals surface area (Å²) < 4.78 is 5.90. The van der Waals surface area contributed by atoms with Gasteiger partial charge < -0.3 is 9.64 Å². The smallest absolute Gasteiger partial charge is 0.225 e. The molecule has 2 aliphatic rings. The lowest BCUT2D eigenvalue weighted by molar-refractivity contribution is -0.135. The summed E-state index contributed by atoms with van der Waals surface area (Å²) >= 11 is 6.03. The average molecular weight is 281 g/mol. The Balaban J connectivity index is 1.62. The lowest BCUT2D eigenvalue weighted by atomic mass is 10.1. The monoisotopic (exact) mass is 280 g/mol. The molecule has 19 heavy (non-hydrogen) atoms. The highest BCUT2D eigenvalue weighted by Crippen LogP contribution is 2.32. The molecule has 2 fully saturated rings. The molecule has 0 bridgehead atoms. The topological polar surface area (TPSA) is 42.4 Å². The van der Waals surface area contributed by atoms with Crippen LogP contribution in [-0.2, 0) is 4.79 Å². The van der Waals surface area contributed by atoms with Crippen LogP contribution >= 0.6 is 11.6 Å². The van der Waals surface area contributed by atoms with Crippen LogP contribution in [0.2, 0.25) is 5.02 Å². The second-order valence-corrected chi connectivity index (χ2v) is 5.65. The molecule has 0 radical (unpaired) electrons. The number of halogens is 1. The van der Waals surface area contributed by atoms with Gasteiger partial charge >= 0.3 is 0 Å². The molecule has 1 aromatic heterocycles. The molecule has 4 nitrogen and oxygen atoms in total. The van der Waals surface area contributed by atoms with Crippen LogP contribution in [0, 0.1) is 5.92 Å². The van der Waals surface area contributed by atoms with Crippen molar-refractivity contribution in [2.24, 2.45) is 5.92 Å². The number of ether oxygens (including phenoxy) is 1. The molecule has 1 atom stereocenters. The molecular formula is C14H17ClN2O2. The Bertz CT molecular complexity index is 476. The molecule has 2 heterocycles. The van der Waals surface area contributed by atoms with E-state index in [2.05, 4.69) is 4.98 Å². The van der Waals surface area contributed by atoms with Crippen LogP contribution in [0.1, 0.15) is 25.7 Å². The summed E-state index contributed by atoms with van der Waals surface area (Å²) in [6.07, 6.45) is 7.34. The van der Waals surface area contributed by atoms with E-state index >= 15 is 0 Å². The number of piperidine rings is 1. The third kappa shape index (κ3) is 3.00. The number of nitrogens with zero attached hydrogens (tertiary/aromatic N) is 2. The van der Waals surface area contributed by atoms with Crippen molar-refractivity contribution in [1.82, 2.24) is 9.88 Å². The van der Waals surface area contributed by atoms with Gasteiger partial charge in [-0.05, 0) is 25.7 Å². The van der Waals surface area contributed by atoms with E-state index in [4.69, 9.17) is 16.3 Å². The Morgan fingerprint density at radius 2 is 2.26 bits per heavy atom. The number of aromatic nitrogens is 1. The molecule has 1 aliphatic heterocycles. The van der Waals surface area contributed by atoms with Gasteiger partial charge in [0.15, 0.2) is 0 Å². The van der Waals surface area contributed by atoms with E-state index < -0.39 is 0 Å². The number of rotatable bonds is 3. The van der Waals surface area contributed by atoms with Gasteiger partial charge in [-0.1, -0.05) is 11.6 Å².